The molecule has 1 fully saturated rings. The summed E-state index contributed by atoms with van der Waals surface area (Å²) < 4.78 is 5.58. The van der Waals surface area contributed by atoms with Crippen LogP contribution in [0, 0.1) is 0 Å². The summed E-state index contributed by atoms with van der Waals surface area (Å²) in [6, 6.07) is 3.49. The van der Waals surface area contributed by atoms with Crippen LogP contribution in [0.2, 0.25) is 0 Å². The van der Waals surface area contributed by atoms with Crippen LogP contribution in [-0.2, 0) is 0 Å². The van der Waals surface area contributed by atoms with Crippen molar-refractivity contribution in [3.05, 3.63) is 41.9 Å². The summed E-state index contributed by atoms with van der Waals surface area (Å²) in [4.78, 5) is 20.6. The lowest BCUT2D eigenvalue weighted by molar-refractivity contribution is 0.110. The van der Waals surface area contributed by atoms with E-state index in [-0.39, 0.29) is 0 Å². The Kier molecular flexibility index (Phi) is 5.30. The maximum Gasteiger partial charge on any atom is 0.185 e. The van der Waals surface area contributed by atoms with Gasteiger partial charge in [0.25, 0.3) is 0 Å². The number of furan rings is 1. The molecular formula is C19H25N3O2. The van der Waals surface area contributed by atoms with Gasteiger partial charge in [0.1, 0.15) is 11.5 Å². The van der Waals surface area contributed by atoms with Gasteiger partial charge in [-0.3, -0.25) is 4.79 Å². The first-order valence-corrected chi connectivity index (χ1v) is 8.61. The number of likely N-dealkylation sites (N-methyl/N-ethyl adjacent to an activating group) is 1. The van der Waals surface area contributed by atoms with Crippen molar-refractivity contribution >= 4 is 17.8 Å². The van der Waals surface area contributed by atoms with Crippen molar-refractivity contribution in [2.24, 2.45) is 4.99 Å². The van der Waals surface area contributed by atoms with E-state index < -0.39 is 0 Å². The lowest BCUT2D eigenvalue weighted by atomic mass is 10.1. The minimum absolute atomic E-state index is 0.326. The molecular weight excluding hydrogens is 302 g/mol. The monoisotopic (exact) mass is 327 g/mol. The minimum atomic E-state index is 0.326. The number of carbonyl (C=O) groups is 1. The van der Waals surface area contributed by atoms with Gasteiger partial charge in [-0.25, -0.2) is 4.99 Å². The third-order valence-electron chi connectivity index (χ3n) is 4.57. The predicted octanol–water partition coefficient (Wildman–Crippen LogP) is 3.21. The molecule has 0 spiro atoms. The number of nitrogens with zero attached hydrogens (tertiary/aromatic N) is 3. The van der Waals surface area contributed by atoms with Crippen LogP contribution in [0.1, 0.15) is 42.0 Å². The minimum Gasteiger partial charge on any atom is -0.452 e. The Hall–Kier alpha value is -2.14. The first kappa shape index (κ1) is 16.7. The Balaban J connectivity index is 1.90. The van der Waals surface area contributed by atoms with Crippen LogP contribution in [-0.4, -0.2) is 55.1 Å². The van der Waals surface area contributed by atoms with Crippen LogP contribution in [0.15, 0.2) is 39.8 Å². The molecule has 3 rings (SSSR count). The first-order valence-electron chi connectivity index (χ1n) is 8.61. The lowest BCUT2D eigenvalue weighted by Gasteiger charge is -2.26. The highest BCUT2D eigenvalue weighted by molar-refractivity contribution is 5.88. The summed E-state index contributed by atoms with van der Waals surface area (Å²) in [6.45, 7) is 8.33. The molecule has 0 aromatic carbocycles. The molecule has 1 aromatic rings. The average molecular weight is 327 g/mol. The number of rotatable bonds is 2. The zero-order chi connectivity index (χ0) is 16.9. The number of allylic oxidation sites excluding steroid dienone is 2. The van der Waals surface area contributed by atoms with E-state index in [2.05, 4.69) is 23.4 Å². The van der Waals surface area contributed by atoms with E-state index in [0.717, 1.165) is 75.3 Å². The van der Waals surface area contributed by atoms with E-state index in [1.165, 1.54) is 0 Å². The van der Waals surface area contributed by atoms with Crippen molar-refractivity contribution in [2.45, 2.75) is 25.7 Å². The molecule has 5 nitrogen and oxygen atoms in total. The van der Waals surface area contributed by atoms with Crippen molar-refractivity contribution in [1.29, 1.82) is 0 Å². The molecule has 0 saturated carbocycles. The highest BCUT2D eigenvalue weighted by atomic mass is 16.3. The van der Waals surface area contributed by atoms with Gasteiger partial charge in [-0.2, -0.15) is 0 Å². The van der Waals surface area contributed by atoms with Crippen LogP contribution >= 0.6 is 0 Å². The molecule has 5 heteroatoms. The van der Waals surface area contributed by atoms with Crippen molar-refractivity contribution in [3.63, 3.8) is 0 Å². The summed E-state index contributed by atoms with van der Waals surface area (Å²) in [5, 5.41) is 0. The summed E-state index contributed by atoms with van der Waals surface area (Å²) in [5.74, 6) is 2.07. The second-order valence-corrected chi connectivity index (χ2v) is 6.53. The van der Waals surface area contributed by atoms with Crippen molar-refractivity contribution in [3.8, 4) is 0 Å². The predicted molar refractivity (Wildman–Crippen MR) is 96.2 cm³/mol. The SMILES string of the molecule is C=C1/C=C(/c2ccc(C=O)o2)N=C(N2CCCN(C)CC2)CCC1. The van der Waals surface area contributed by atoms with Crippen LogP contribution < -0.4 is 0 Å². The summed E-state index contributed by atoms with van der Waals surface area (Å²) >= 11 is 0. The average Bonchev–Trinajstić information content (AvgIpc) is 2.93. The summed E-state index contributed by atoms with van der Waals surface area (Å²) in [6.07, 6.45) is 6.81. The van der Waals surface area contributed by atoms with E-state index in [4.69, 9.17) is 9.41 Å². The number of aliphatic imine (C=N–C) groups is 1. The van der Waals surface area contributed by atoms with Crippen LogP contribution in [0.3, 0.4) is 0 Å². The first-order chi connectivity index (χ1) is 11.7. The number of hydrogen-bond donors (Lipinski definition) is 0. The largest absolute Gasteiger partial charge is 0.452 e. The Bertz CT molecular complexity index is 672. The second kappa shape index (κ2) is 7.62. The third kappa shape index (κ3) is 4.03. The Morgan fingerprint density at radius 1 is 1.17 bits per heavy atom. The fourth-order valence-electron chi connectivity index (χ4n) is 3.18. The third-order valence-corrected chi connectivity index (χ3v) is 4.57. The zero-order valence-electron chi connectivity index (χ0n) is 14.3. The molecule has 0 unspecified atom stereocenters. The fourth-order valence-corrected chi connectivity index (χ4v) is 3.18. The van der Waals surface area contributed by atoms with Gasteiger partial charge in [-0.15, -0.1) is 0 Å². The van der Waals surface area contributed by atoms with E-state index in [9.17, 15) is 4.79 Å². The molecule has 1 aromatic heterocycles. The van der Waals surface area contributed by atoms with Crippen LogP contribution in [0.5, 0.6) is 0 Å². The molecule has 1 saturated heterocycles. The number of carbonyl (C=O) groups excluding carboxylic acids is 1. The quantitative estimate of drug-likeness (QED) is 0.783. The number of amidine groups is 1. The maximum absolute atomic E-state index is 10.9. The molecule has 0 atom stereocenters. The van der Waals surface area contributed by atoms with Gasteiger partial charge in [-0.05, 0) is 51.1 Å². The number of hydrogen-bond acceptors (Lipinski definition) is 5. The zero-order valence-corrected chi connectivity index (χ0v) is 14.3. The van der Waals surface area contributed by atoms with E-state index >= 15 is 0 Å². The van der Waals surface area contributed by atoms with Crippen LogP contribution in [0.25, 0.3) is 5.70 Å². The molecule has 0 radical (unpaired) electrons. The van der Waals surface area contributed by atoms with Crippen molar-refractivity contribution < 1.29 is 9.21 Å². The van der Waals surface area contributed by atoms with Gasteiger partial charge < -0.3 is 14.2 Å². The van der Waals surface area contributed by atoms with Gasteiger partial charge in [0.15, 0.2) is 17.8 Å². The molecule has 0 bridgehead atoms. The van der Waals surface area contributed by atoms with Gasteiger partial charge in [0.2, 0.25) is 0 Å². The Labute approximate surface area is 143 Å². The molecule has 24 heavy (non-hydrogen) atoms. The van der Waals surface area contributed by atoms with Crippen LogP contribution in [0.4, 0.5) is 0 Å². The maximum atomic E-state index is 10.9. The fraction of sp³-hybridized carbons (Fsp3) is 0.474. The Morgan fingerprint density at radius 2 is 2.04 bits per heavy atom. The van der Waals surface area contributed by atoms with Gasteiger partial charge in [0, 0.05) is 26.1 Å². The lowest BCUT2D eigenvalue weighted by Crippen LogP contribution is -2.34. The molecule has 2 aliphatic rings. The molecule has 3 heterocycles. The van der Waals surface area contributed by atoms with Crippen molar-refractivity contribution in [1.82, 2.24) is 9.80 Å². The second-order valence-electron chi connectivity index (χ2n) is 6.53. The van der Waals surface area contributed by atoms with Crippen molar-refractivity contribution in [2.75, 3.05) is 33.2 Å². The smallest absolute Gasteiger partial charge is 0.185 e. The van der Waals surface area contributed by atoms with E-state index in [0.29, 0.717) is 11.5 Å². The number of aldehydes is 1. The van der Waals surface area contributed by atoms with Gasteiger partial charge >= 0.3 is 0 Å². The normalized spacial score (nSPS) is 22.9. The van der Waals surface area contributed by atoms with Gasteiger partial charge in [-0.1, -0.05) is 12.2 Å². The topological polar surface area (TPSA) is 49.1 Å². The molecule has 2 aliphatic heterocycles. The summed E-state index contributed by atoms with van der Waals surface area (Å²) in [7, 11) is 2.17. The summed E-state index contributed by atoms with van der Waals surface area (Å²) in [5.41, 5.74) is 1.81. The molecule has 0 aliphatic carbocycles. The molecule has 0 amide bonds. The Morgan fingerprint density at radius 3 is 2.83 bits per heavy atom. The highest BCUT2D eigenvalue weighted by Crippen LogP contribution is 2.25. The molecule has 0 N–H and O–H groups in total. The van der Waals surface area contributed by atoms with E-state index in [1.807, 2.05) is 12.1 Å². The van der Waals surface area contributed by atoms with E-state index in [1.54, 1.807) is 6.07 Å². The van der Waals surface area contributed by atoms with Gasteiger partial charge in [0.05, 0.1) is 0 Å². The highest BCUT2D eigenvalue weighted by Gasteiger charge is 2.19. The molecule has 128 valence electrons. The standard InChI is InChI=1S/C19H25N3O2/c1-15-5-3-6-19(22-10-4-9-21(2)11-12-22)20-17(13-15)18-8-7-16(14-23)24-18/h7-8,13-14H,1,3-6,9-12H2,2H3/b17-13-,20-19?.